The number of rotatable bonds is 12. The van der Waals surface area contributed by atoms with E-state index in [0.717, 1.165) is 12.8 Å². The van der Waals surface area contributed by atoms with E-state index in [9.17, 15) is 14.5 Å². The minimum atomic E-state index is -4.32. The fourth-order valence-electron chi connectivity index (χ4n) is 4.38. The molecule has 2 fully saturated rings. The molecule has 3 heterocycles. The van der Waals surface area contributed by atoms with Crippen LogP contribution in [-0.2, 0) is 23.4 Å². The average Bonchev–Trinajstić information content (AvgIpc) is 3.62. The summed E-state index contributed by atoms with van der Waals surface area (Å²) in [6.07, 6.45) is 3.77. The summed E-state index contributed by atoms with van der Waals surface area (Å²) >= 11 is 0. The Labute approximate surface area is 240 Å². The van der Waals surface area contributed by atoms with Crippen LogP contribution in [-0.4, -0.2) is 73.8 Å². The molecule has 5 rings (SSSR count). The van der Waals surface area contributed by atoms with Crippen molar-refractivity contribution in [1.29, 1.82) is 0 Å². The lowest BCUT2D eigenvalue weighted by Gasteiger charge is -2.25. The van der Waals surface area contributed by atoms with Gasteiger partial charge in [0.25, 0.3) is 0 Å². The predicted molar refractivity (Wildman–Crippen MR) is 149 cm³/mol. The quantitative estimate of drug-likeness (QED) is 0.134. The van der Waals surface area contributed by atoms with Gasteiger partial charge in [0.1, 0.15) is 24.0 Å². The maximum atomic E-state index is 16.2. The fraction of sp³-hybridized carbons (Fsp3) is 0.462. The van der Waals surface area contributed by atoms with E-state index in [4.69, 9.17) is 30.7 Å². The van der Waals surface area contributed by atoms with Crippen molar-refractivity contribution < 1.29 is 37.4 Å². The van der Waals surface area contributed by atoms with Crippen LogP contribution in [0, 0.1) is 12.3 Å². The number of nitrogen functional groups attached to an aromatic ring is 1. The van der Waals surface area contributed by atoms with Crippen molar-refractivity contribution in [3.63, 3.8) is 0 Å². The van der Waals surface area contributed by atoms with Crippen molar-refractivity contribution in [3.8, 4) is 18.1 Å². The molecule has 1 saturated heterocycles. The number of para-hydroxylation sites is 1. The van der Waals surface area contributed by atoms with E-state index in [0.29, 0.717) is 11.3 Å². The standard InChI is InChI=1S/C26H31FN7O7P/c1-4-26(27)20(35)18(13-39-42(37,33-15(3)23(36)38-5-2)41-17-9-7-6-8-10-17)40-24(26)34-14-29-19-21(30-16-11-12-16)31-25(28)32-22(19)34/h1,6-10,14-16,18,20,24,35H,5,11-13H2,2-3H3,(H,33,37)(H3,28,30,31,32)/t15-,18-,20-,24-,26-,42-/m1/s1. The Hall–Kier alpha value is -3.80. The van der Waals surface area contributed by atoms with Gasteiger partial charge in [0.15, 0.2) is 23.2 Å². The number of aliphatic hydroxyl groups excluding tert-OH is 1. The van der Waals surface area contributed by atoms with Crippen molar-refractivity contribution >= 4 is 36.6 Å². The van der Waals surface area contributed by atoms with Crippen molar-refractivity contribution in [2.24, 2.45) is 0 Å². The fourth-order valence-corrected chi connectivity index (χ4v) is 5.88. The molecule has 42 heavy (non-hydrogen) atoms. The number of nitrogens with one attached hydrogen (secondary N) is 2. The van der Waals surface area contributed by atoms with E-state index in [2.05, 4.69) is 25.4 Å². The van der Waals surface area contributed by atoms with Crippen LogP contribution < -0.4 is 20.7 Å². The number of nitrogens with zero attached hydrogens (tertiary/aromatic N) is 4. The Balaban J connectivity index is 1.39. The highest BCUT2D eigenvalue weighted by atomic mass is 31.2. The number of esters is 1. The molecule has 0 spiro atoms. The Kier molecular flexibility index (Phi) is 8.36. The molecule has 1 aliphatic heterocycles. The number of hydrogen-bond donors (Lipinski definition) is 4. The molecule has 1 aliphatic carbocycles. The molecule has 6 atom stereocenters. The smallest absolute Gasteiger partial charge is 0.459 e. The van der Waals surface area contributed by atoms with Crippen molar-refractivity contribution in [2.45, 2.75) is 62.9 Å². The Morgan fingerprint density at radius 1 is 1.38 bits per heavy atom. The molecular formula is C26H31FN7O7P. The molecule has 0 bridgehead atoms. The molecule has 0 radical (unpaired) electrons. The number of aromatic nitrogens is 4. The third-order valence-electron chi connectivity index (χ3n) is 6.65. The van der Waals surface area contributed by atoms with E-state index in [1.54, 1.807) is 25.1 Å². The first kappa shape index (κ1) is 29.7. The molecule has 14 nitrogen and oxygen atoms in total. The Morgan fingerprint density at radius 3 is 2.79 bits per heavy atom. The summed E-state index contributed by atoms with van der Waals surface area (Å²) in [5, 5.41) is 16.7. The minimum absolute atomic E-state index is 0.0863. The van der Waals surface area contributed by atoms with Crippen LogP contribution in [0.5, 0.6) is 5.75 Å². The van der Waals surface area contributed by atoms with Gasteiger partial charge < -0.3 is 30.2 Å². The molecule has 0 unspecified atom stereocenters. The average molecular weight is 604 g/mol. The maximum Gasteiger partial charge on any atom is 0.459 e. The summed E-state index contributed by atoms with van der Waals surface area (Å²) in [4.78, 5) is 24.9. The van der Waals surface area contributed by atoms with Gasteiger partial charge >= 0.3 is 13.7 Å². The summed E-state index contributed by atoms with van der Waals surface area (Å²) in [7, 11) is -4.32. The summed E-state index contributed by atoms with van der Waals surface area (Å²) in [6, 6.07) is 7.18. The predicted octanol–water partition coefficient (Wildman–Crippen LogP) is 2.33. The number of benzene rings is 1. The van der Waals surface area contributed by atoms with Crippen LogP contribution in [0.15, 0.2) is 36.7 Å². The summed E-state index contributed by atoms with van der Waals surface area (Å²) < 4.78 is 53.2. The number of halogens is 1. The van der Waals surface area contributed by atoms with Gasteiger partial charge in [-0.05, 0) is 38.8 Å². The number of carbonyl (C=O) groups is 1. The zero-order chi connectivity index (χ0) is 30.1. The summed E-state index contributed by atoms with van der Waals surface area (Å²) in [6.45, 7) is 2.49. The lowest BCUT2D eigenvalue weighted by Crippen LogP contribution is -2.42. The molecule has 3 aromatic rings. The number of anilines is 2. The highest BCUT2D eigenvalue weighted by molar-refractivity contribution is 7.52. The molecule has 2 aliphatic rings. The van der Waals surface area contributed by atoms with Gasteiger partial charge in [-0.1, -0.05) is 24.1 Å². The number of nitrogens with two attached hydrogens (primary N) is 1. The third kappa shape index (κ3) is 6.04. The van der Waals surface area contributed by atoms with Crippen LogP contribution in [0.4, 0.5) is 16.2 Å². The molecule has 1 saturated carbocycles. The minimum Gasteiger partial charge on any atom is -0.465 e. The lowest BCUT2D eigenvalue weighted by molar-refractivity contribution is -0.144. The van der Waals surface area contributed by atoms with Gasteiger partial charge in [0.2, 0.25) is 11.6 Å². The van der Waals surface area contributed by atoms with Gasteiger partial charge in [-0.25, -0.2) is 13.9 Å². The molecular weight excluding hydrogens is 572 g/mol. The van der Waals surface area contributed by atoms with Gasteiger partial charge in [-0.15, -0.1) is 6.42 Å². The molecule has 5 N–H and O–H groups in total. The first-order valence-electron chi connectivity index (χ1n) is 13.3. The van der Waals surface area contributed by atoms with Crippen molar-refractivity contribution in [2.75, 3.05) is 24.3 Å². The van der Waals surface area contributed by atoms with Crippen molar-refractivity contribution in [1.82, 2.24) is 24.6 Å². The van der Waals surface area contributed by atoms with Crippen LogP contribution in [0.3, 0.4) is 0 Å². The number of ether oxygens (including phenoxy) is 2. The molecule has 2 aromatic heterocycles. The van der Waals surface area contributed by atoms with E-state index in [-0.39, 0.29) is 30.0 Å². The highest BCUT2D eigenvalue weighted by Crippen LogP contribution is 2.48. The van der Waals surface area contributed by atoms with Crippen LogP contribution in [0.1, 0.15) is 32.9 Å². The first-order valence-corrected chi connectivity index (χ1v) is 14.8. The van der Waals surface area contributed by atoms with Gasteiger partial charge in [-0.3, -0.25) is 13.9 Å². The number of imidazole rings is 1. The van der Waals surface area contributed by atoms with Crippen LogP contribution in [0.2, 0.25) is 0 Å². The summed E-state index contributed by atoms with van der Waals surface area (Å²) in [5.74, 6) is 1.73. The van der Waals surface area contributed by atoms with Crippen molar-refractivity contribution in [3.05, 3.63) is 36.7 Å². The molecule has 0 amide bonds. The zero-order valence-corrected chi connectivity index (χ0v) is 23.7. The monoisotopic (exact) mass is 603 g/mol. The SMILES string of the molecule is C#C[C@@]1(F)[C@H](O)[C@@H](CO[P@](=O)(N[C@H](C)C(=O)OCC)Oc2ccccc2)O[C@H]1n1cnc2c(NC3CC3)nc(N)nc21. The van der Waals surface area contributed by atoms with E-state index in [1.807, 2.05) is 5.92 Å². The van der Waals surface area contributed by atoms with Gasteiger partial charge in [-0.2, -0.15) is 15.1 Å². The number of aliphatic hydroxyl groups is 1. The second-order valence-electron chi connectivity index (χ2n) is 9.86. The molecule has 224 valence electrons. The Morgan fingerprint density at radius 2 is 2.12 bits per heavy atom. The van der Waals surface area contributed by atoms with Gasteiger partial charge in [0.05, 0.1) is 19.5 Å². The Bertz CT molecular complexity index is 1530. The number of terminal acetylenes is 1. The second kappa shape index (κ2) is 11.8. The molecule has 1 aromatic carbocycles. The topological polar surface area (TPSA) is 185 Å². The third-order valence-corrected chi connectivity index (χ3v) is 8.29. The van der Waals surface area contributed by atoms with E-state index < -0.39 is 50.5 Å². The largest absolute Gasteiger partial charge is 0.465 e. The van der Waals surface area contributed by atoms with Crippen LogP contribution >= 0.6 is 7.75 Å². The van der Waals surface area contributed by atoms with E-state index >= 15 is 4.39 Å². The number of fused-ring (bicyclic) bond motifs is 1. The molecule has 16 heteroatoms. The maximum absolute atomic E-state index is 16.2. The van der Waals surface area contributed by atoms with E-state index in [1.165, 1.54) is 30.0 Å². The zero-order valence-electron chi connectivity index (χ0n) is 22.8. The normalized spacial score (nSPS) is 25.8. The first-order chi connectivity index (χ1) is 20.1. The van der Waals surface area contributed by atoms with Gasteiger partial charge in [0, 0.05) is 6.04 Å². The number of alkyl halides is 1. The lowest BCUT2D eigenvalue weighted by atomic mass is 9.97. The highest BCUT2D eigenvalue weighted by Gasteiger charge is 2.58. The number of carbonyl (C=O) groups excluding carboxylic acids is 1. The van der Waals surface area contributed by atoms with Crippen LogP contribution in [0.25, 0.3) is 11.2 Å². The second-order valence-corrected chi connectivity index (χ2v) is 11.6. The summed E-state index contributed by atoms with van der Waals surface area (Å²) in [5.41, 5.74) is 3.57. The number of hydrogen-bond acceptors (Lipinski definition) is 12.